The predicted octanol–water partition coefficient (Wildman–Crippen LogP) is 4.40. The van der Waals surface area contributed by atoms with Crippen LogP contribution in [-0.4, -0.2) is 17.9 Å². The Labute approximate surface area is 156 Å². The van der Waals surface area contributed by atoms with Gasteiger partial charge in [0.25, 0.3) is 5.91 Å². The average molecular weight is 352 g/mol. The molecule has 0 aliphatic heterocycles. The van der Waals surface area contributed by atoms with Crippen LogP contribution < -0.4 is 10.6 Å². The molecule has 0 saturated carbocycles. The minimum absolute atomic E-state index is 0.186. The molecule has 2 rings (SSSR count). The highest BCUT2D eigenvalue weighted by Crippen LogP contribution is 2.19. The summed E-state index contributed by atoms with van der Waals surface area (Å²) < 4.78 is 0. The maximum Gasteiger partial charge on any atom is 0.252 e. The number of nitrogens with one attached hydrogen (secondary N) is 2. The van der Waals surface area contributed by atoms with E-state index in [-0.39, 0.29) is 17.7 Å². The van der Waals surface area contributed by atoms with Crippen LogP contribution in [0.4, 0.5) is 5.69 Å². The van der Waals surface area contributed by atoms with E-state index in [0.29, 0.717) is 12.0 Å². The molecule has 2 aromatic rings. The van der Waals surface area contributed by atoms with E-state index in [1.165, 1.54) is 0 Å². The topological polar surface area (TPSA) is 58.2 Å². The van der Waals surface area contributed by atoms with Crippen molar-refractivity contribution in [3.63, 3.8) is 0 Å². The smallest absolute Gasteiger partial charge is 0.252 e. The van der Waals surface area contributed by atoms with Crippen molar-refractivity contribution in [2.45, 2.75) is 47.1 Å². The van der Waals surface area contributed by atoms with Crippen molar-refractivity contribution in [1.29, 1.82) is 0 Å². The number of hydrogen-bond donors (Lipinski definition) is 2. The van der Waals surface area contributed by atoms with Crippen LogP contribution in [0.5, 0.6) is 0 Å². The zero-order valence-electron chi connectivity index (χ0n) is 16.2. The Morgan fingerprint density at radius 2 is 1.58 bits per heavy atom. The summed E-state index contributed by atoms with van der Waals surface area (Å²) in [6.07, 6.45) is 0.578. The molecule has 4 nitrogen and oxygen atoms in total. The second-order valence-electron chi connectivity index (χ2n) is 7.21. The molecule has 1 atom stereocenters. The van der Waals surface area contributed by atoms with E-state index >= 15 is 0 Å². The van der Waals surface area contributed by atoms with Gasteiger partial charge in [0.15, 0.2) is 0 Å². The summed E-state index contributed by atoms with van der Waals surface area (Å²) in [6.45, 7) is 9.96. The Morgan fingerprint density at radius 1 is 0.923 bits per heavy atom. The van der Waals surface area contributed by atoms with E-state index in [1.54, 1.807) is 6.07 Å². The molecule has 2 N–H and O–H groups in total. The lowest BCUT2D eigenvalue weighted by Gasteiger charge is -2.21. The van der Waals surface area contributed by atoms with Crippen molar-refractivity contribution in [1.82, 2.24) is 5.32 Å². The molecule has 138 valence electrons. The second-order valence-corrected chi connectivity index (χ2v) is 7.21. The SMILES string of the molecule is Cc1ccccc1C(=O)N[C@@H](CC(C)C)C(=O)Nc1cccc(C)c1C. The first-order chi connectivity index (χ1) is 12.3. The number of aryl methyl sites for hydroxylation is 2. The monoisotopic (exact) mass is 352 g/mol. The lowest BCUT2D eigenvalue weighted by Crippen LogP contribution is -2.44. The summed E-state index contributed by atoms with van der Waals surface area (Å²) >= 11 is 0. The molecule has 0 saturated heterocycles. The maximum absolute atomic E-state index is 12.8. The molecule has 0 aromatic heterocycles. The summed E-state index contributed by atoms with van der Waals surface area (Å²) in [4.78, 5) is 25.5. The van der Waals surface area contributed by atoms with Crippen molar-refractivity contribution in [2.75, 3.05) is 5.32 Å². The van der Waals surface area contributed by atoms with Gasteiger partial charge in [0.05, 0.1) is 0 Å². The minimum Gasteiger partial charge on any atom is -0.340 e. The summed E-state index contributed by atoms with van der Waals surface area (Å²) in [6, 6.07) is 12.6. The summed E-state index contributed by atoms with van der Waals surface area (Å²) in [5, 5.41) is 5.88. The van der Waals surface area contributed by atoms with Crippen molar-refractivity contribution >= 4 is 17.5 Å². The van der Waals surface area contributed by atoms with Crippen molar-refractivity contribution in [3.05, 3.63) is 64.7 Å². The van der Waals surface area contributed by atoms with Gasteiger partial charge in [-0.3, -0.25) is 9.59 Å². The van der Waals surface area contributed by atoms with E-state index < -0.39 is 6.04 Å². The highest BCUT2D eigenvalue weighted by atomic mass is 16.2. The summed E-state index contributed by atoms with van der Waals surface area (Å²) in [5.41, 5.74) is 4.43. The third kappa shape index (κ3) is 4.94. The molecule has 0 unspecified atom stereocenters. The first-order valence-corrected chi connectivity index (χ1v) is 9.03. The lowest BCUT2D eigenvalue weighted by atomic mass is 10.0. The fourth-order valence-electron chi connectivity index (χ4n) is 2.87. The standard InChI is InChI=1S/C22H28N2O2/c1-14(2)13-20(24-21(25)18-11-7-6-9-16(18)4)22(26)23-19-12-8-10-15(3)17(19)5/h6-12,14,20H,13H2,1-5H3,(H,23,26)(H,24,25)/t20-/m0/s1. The summed E-state index contributed by atoms with van der Waals surface area (Å²) in [7, 11) is 0. The third-order valence-electron chi connectivity index (χ3n) is 4.58. The zero-order valence-corrected chi connectivity index (χ0v) is 16.2. The molecule has 0 spiro atoms. The Kier molecular flexibility index (Phi) is 6.56. The molecular weight excluding hydrogens is 324 g/mol. The Morgan fingerprint density at radius 3 is 2.23 bits per heavy atom. The molecule has 2 aromatic carbocycles. The van der Waals surface area contributed by atoms with Gasteiger partial charge in [0.2, 0.25) is 5.91 Å². The third-order valence-corrected chi connectivity index (χ3v) is 4.58. The van der Waals surface area contributed by atoms with Gasteiger partial charge in [0.1, 0.15) is 6.04 Å². The van der Waals surface area contributed by atoms with E-state index in [4.69, 9.17) is 0 Å². The second kappa shape index (κ2) is 8.65. The Hall–Kier alpha value is -2.62. The number of carbonyl (C=O) groups excluding carboxylic acids is 2. The number of rotatable bonds is 6. The van der Waals surface area contributed by atoms with Crippen LogP contribution in [0, 0.1) is 26.7 Å². The van der Waals surface area contributed by atoms with Crippen LogP contribution >= 0.6 is 0 Å². The molecule has 0 aliphatic rings. The molecule has 0 aliphatic carbocycles. The van der Waals surface area contributed by atoms with Crippen molar-refractivity contribution in [2.24, 2.45) is 5.92 Å². The van der Waals surface area contributed by atoms with Gasteiger partial charge in [0, 0.05) is 11.3 Å². The van der Waals surface area contributed by atoms with Gasteiger partial charge in [-0.2, -0.15) is 0 Å². The van der Waals surface area contributed by atoms with Crippen LogP contribution in [0.2, 0.25) is 0 Å². The van der Waals surface area contributed by atoms with Gasteiger partial charge in [-0.05, 0) is 61.9 Å². The Balaban J connectivity index is 2.18. The molecule has 26 heavy (non-hydrogen) atoms. The molecule has 2 amide bonds. The number of anilines is 1. The largest absolute Gasteiger partial charge is 0.340 e. The van der Waals surface area contributed by atoms with Crippen LogP contribution in [-0.2, 0) is 4.79 Å². The molecule has 4 heteroatoms. The van der Waals surface area contributed by atoms with Gasteiger partial charge >= 0.3 is 0 Å². The quantitative estimate of drug-likeness (QED) is 0.810. The van der Waals surface area contributed by atoms with E-state index in [1.807, 2.05) is 71.0 Å². The Bertz CT molecular complexity index is 796. The van der Waals surface area contributed by atoms with E-state index in [2.05, 4.69) is 10.6 Å². The minimum atomic E-state index is -0.581. The normalized spacial score (nSPS) is 11.9. The van der Waals surface area contributed by atoms with Crippen LogP contribution in [0.25, 0.3) is 0 Å². The van der Waals surface area contributed by atoms with Gasteiger partial charge in [-0.15, -0.1) is 0 Å². The average Bonchev–Trinajstić information content (AvgIpc) is 2.58. The molecule has 0 fully saturated rings. The van der Waals surface area contributed by atoms with Crippen LogP contribution in [0.15, 0.2) is 42.5 Å². The van der Waals surface area contributed by atoms with E-state index in [9.17, 15) is 9.59 Å². The van der Waals surface area contributed by atoms with Gasteiger partial charge < -0.3 is 10.6 Å². The number of hydrogen-bond acceptors (Lipinski definition) is 2. The highest BCUT2D eigenvalue weighted by molar-refractivity contribution is 6.02. The lowest BCUT2D eigenvalue weighted by molar-refractivity contribution is -0.118. The fraction of sp³-hybridized carbons (Fsp3) is 0.364. The van der Waals surface area contributed by atoms with E-state index in [0.717, 1.165) is 22.4 Å². The van der Waals surface area contributed by atoms with Crippen LogP contribution in [0.3, 0.4) is 0 Å². The van der Waals surface area contributed by atoms with Gasteiger partial charge in [-0.1, -0.05) is 44.2 Å². The first kappa shape index (κ1) is 19.7. The number of carbonyl (C=O) groups is 2. The maximum atomic E-state index is 12.8. The van der Waals surface area contributed by atoms with Gasteiger partial charge in [-0.25, -0.2) is 0 Å². The molecule has 0 radical (unpaired) electrons. The van der Waals surface area contributed by atoms with Crippen LogP contribution in [0.1, 0.15) is 47.3 Å². The fourth-order valence-corrected chi connectivity index (χ4v) is 2.87. The number of amides is 2. The molecular formula is C22H28N2O2. The van der Waals surface area contributed by atoms with Crippen molar-refractivity contribution in [3.8, 4) is 0 Å². The predicted molar refractivity (Wildman–Crippen MR) is 106 cm³/mol. The highest BCUT2D eigenvalue weighted by Gasteiger charge is 2.23. The number of benzene rings is 2. The zero-order chi connectivity index (χ0) is 19.3. The summed E-state index contributed by atoms with van der Waals surface area (Å²) in [5.74, 6) is -0.124. The molecule has 0 heterocycles. The molecule has 0 bridgehead atoms. The first-order valence-electron chi connectivity index (χ1n) is 9.03. The van der Waals surface area contributed by atoms with Crippen molar-refractivity contribution < 1.29 is 9.59 Å².